The highest BCUT2D eigenvalue weighted by Crippen LogP contribution is 2.28. The minimum Gasteiger partial charge on any atom is -0.451 e. The fraction of sp³-hybridized carbons (Fsp3) is 0.400. The van der Waals surface area contributed by atoms with Crippen LogP contribution in [0.5, 0.6) is 0 Å². The van der Waals surface area contributed by atoms with Crippen molar-refractivity contribution in [2.45, 2.75) is 32.5 Å². The van der Waals surface area contributed by atoms with Crippen LogP contribution < -0.4 is 0 Å². The summed E-state index contributed by atoms with van der Waals surface area (Å²) in [5, 5.41) is 5.39. The minimum absolute atomic E-state index is 0.0415. The number of furan rings is 1. The topological polar surface area (TPSA) is 54.5 Å². The van der Waals surface area contributed by atoms with Crippen LogP contribution in [0.15, 0.2) is 40.9 Å². The van der Waals surface area contributed by atoms with Gasteiger partial charge in [0.25, 0.3) is 5.91 Å². The van der Waals surface area contributed by atoms with Gasteiger partial charge in [-0.05, 0) is 39.6 Å². The Bertz CT molecular complexity index is 940. The van der Waals surface area contributed by atoms with E-state index in [9.17, 15) is 4.79 Å². The summed E-state index contributed by atoms with van der Waals surface area (Å²) in [6, 6.07) is 9.92. The molecule has 0 bridgehead atoms. The number of carbonyl (C=O) groups is 1. The first-order valence-corrected chi connectivity index (χ1v) is 8.99. The van der Waals surface area contributed by atoms with E-state index in [0.29, 0.717) is 12.3 Å². The Hall–Kier alpha value is -2.60. The van der Waals surface area contributed by atoms with Crippen molar-refractivity contribution < 1.29 is 9.21 Å². The van der Waals surface area contributed by atoms with Crippen LogP contribution >= 0.6 is 0 Å². The Kier molecular flexibility index (Phi) is 4.28. The van der Waals surface area contributed by atoms with E-state index in [2.05, 4.69) is 10.00 Å². The molecule has 0 saturated carbocycles. The van der Waals surface area contributed by atoms with E-state index in [0.717, 1.165) is 41.7 Å². The predicted molar refractivity (Wildman–Crippen MR) is 100 cm³/mol. The second kappa shape index (κ2) is 6.61. The quantitative estimate of drug-likeness (QED) is 0.727. The molecule has 0 spiro atoms. The third-order valence-electron chi connectivity index (χ3n) is 5.13. The Labute approximate surface area is 153 Å². The van der Waals surface area contributed by atoms with Crippen molar-refractivity contribution in [3.63, 3.8) is 0 Å². The number of benzene rings is 1. The summed E-state index contributed by atoms with van der Waals surface area (Å²) in [4.78, 5) is 17.5. The number of aromatic nitrogens is 2. The van der Waals surface area contributed by atoms with Crippen LogP contribution in [0.1, 0.15) is 28.2 Å². The summed E-state index contributed by atoms with van der Waals surface area (Å²) in [6.45, 7) is 4.15. The molecule has 1 aliphatic rings. The molecule has 0 fully saturated rings. The predicted octanol–water partition coefficient (Wildman–Crippen LogP) is 2.91. The van der Waals surface area contributed by atoms with E-state index >= 15 is 0 Å². The highest BCUT2D eigenvalue weighted by molar-refractivity contribution is 5.99. The fourth-order valence-electron chi connectivity index (χ4n) is 3.78. The van der Waals surface area contributed by atoms with Crippen LogP contribution in [0, 0.1) is 6.92 Å². The number of fused-ring (bicyclic) bond motifs is 2. The van der Waals surface area contributed by atoms with Crippen molar-refractivity contribution in [2.24, 2.45) is 0 Å². The van der Waals surface area contributed by atoms with Crippen LogP contribution in [-0.2, 0) is 13.1 Å². The molecule has 1 amide bonds. The van der Waals surface area contributed by atoms with Crippen LogP contribution in [0.3, 0.4) is 0 Å². The first kappa shape index (κ1) is 16.8. The molecule has 3 heterocycles. The monoisotopic (exact) mass is 352 g/mol. The summed E-state index contributed by atoms with van der Waals surface area (Å²) >= 11 is 0. The number of hydrogen-bond donors (Lipinski definition) is 0. The van der Waals surface area contributed by atoms with Crippen LogP contribution in [0.2, 0.25) is 0 Å². The third kappa shape index (κ3) is 2.90. The zero-order valence-corrected chi connectivity index (χ0v) is 15.5. The van der Waals surface area contributed by atoms with Gasteiger partial charge in [-0.15, -0.1) is 0 Å². The van der Waals surface area contributed by atoms with E-state index < -0.39 is 0 Å². The lowest BCUT2D eigenvalue weighted by atomic mass is 10.1. The smallest absolute Gasteiger partial charge is 0.290 e. The van der Waals surface area contributed by atoms with Crippen LogP contribution in [-0.4, -0.2) is 52.2 Å². The maximum atomic E-state index is 13.5. The van der Waals surface area contributed by atoms with Crippen molar-refractivity contribution >= 4 is 16.9 Å². The maximum Gasteiger partial charge on any atom is 0.290 e. The molecule has 6 heteroatoms. The summed E-state index contributed by atoms with van der Waals surface area (Å²) in [5.41, 5.74) is 2.73. The third-order valence-corrected chi connectivity index (χ3v) is 5.13. The standard InChI is InChI=1S/C20H24N4O2/c1-14-17-6-4-5-7-18(17)26-19(14)20(25)23-13-16-8-10-21-24(16)11-9-15(23)12-22(2)3/h4-8,10,15H,9,11-13H2,1-3H3/t15-/m0/s1. The number of hydrogen-bond acceptors (Lipinski definition) is 4. The molecule has 6 nitrogen and oxygen atoms in total. The molecular formula is C20H24N4O2. The van der Waals surface area contributed by atoms with Gasteiger partial charge in [0.1, 0.15) is 5.58 Å². The van der Waals surface area contributed by atoms with Gasteiger partial charge in [-0.3, -0.25) is 9.48 Å². The van der Waals surface area contributed by atoms with Crippen molar-refractivity contribution in [2.75, 3.05) is 20.6 Å². The number of aryl methyl sites for hydroxylation is 2. The molecule has 2 aromatic heterocycles. The molecule has 136 valence electrons. The van der Waals surface area contributed by atoms with Gasteiger partial charge in [-0.25, -0.2) is 0 Å². The van der Waals surface area contributed by atoms with Gasteiger partial charge in [0, 0.05) is 36.3 Å². The van der Waals surface area contributed by atoms with E-state index in [1.54, 1.807) is 6.20 Å². The van der Waals surface area contributed by atoms with Crippen molar-refractivity contribution in [3.05, 3.63) is 53.5 Å². The van der Waals surface area contributed by atoms with Crippen LogP contribution in [0.25, 0.3) is 11.0 Å². The minimum atomic E-state index is -0.0415. The van der Waals surface area contributed by atoms with Gasteiger partial charge in [0.15, 0.2) is 5.76 Å². The van der Waals surface area contributed by atoms with Gasteiger partial charge in [-0.1, -0.05) is 18.2 Å². The number of likely N-dealkylation sites (N-methyl/N-ethyl adjacent to an activating group) is 1. The number of amides is 1. The molecule has 1 atom stereocenters. The molecule has 0 saturated heterocycles. The summed E-state index contributed by atoms with van der Waals surface area (Å²) in [5.74, 6) is 0.406. The lowest BCUT2D eigenvalue weighted by molar-refractivity contribution is 0.0595. The first-order chi connectivity index (χ1) is 12.5. The Morgan fingerprint density at radius 3 is 2.88 bits per heavy atom. The van der Waals surface area contributed by atoms with E-state index in [1.165, 1.54) is 0 Å². The number of nitrogens with zero attached hydrogens (tertiary/aromatic N) is 4. The average Bonchev–Trinajstić information content (AvgIpc) is 3.16. The molecule has 0 aliphatic carbocycles. The Balaban J connectivity index is 1.73. The second-order valence-corrected chi connectivity index (χ2v) is 7.24. The van der Waals surface area contributed by atoms with Gasteiger partial charge in [0.05, 0.1) is 12.2 Å². The SMILES string of the molecule is Cc1c(C(=O)N2Cc3ccnn3CC[C@H]2CN(C)C)oc2ccccc12. The van der Waals surface area contributed by atoms with E-state index in [4.69, 9.17) is 4.42 Å². The van der Waals surface area contributed by atoms with Gasteiger partial charge in [0.2, 0.25) is 0 Å². The van der Waals surface area contributed by atoms with Crippen molar-refractivity contribution in [1.82, 2.24) is 19.6 Å². The zero-order chi connectivity index (χ0) is 18.3. The number of rotatable bonds is 3. The molecular weight excluding hydrogens is 328 g/mol. The van der Waals surface area contributed by atoms with Crippen molar-refractivity contribution in [3.8, 4) is 0 Å². The highest BCUT2D eigenvalue weighted by atomic mass is 16.3. The molecule has 4 rings (SSSR count). The number of para-hydroxylation sites is 1. The van der Waals surface area contributed by atoms with Gasteiger partial charge >= 0.3 is 0 Å². The Morgan fingerprint density at radius 1 is 1.31 bits per heavy atom. The maximum absolute atomic E-state index is 13.5. The largest absolute Gasteiger partial charge is 0.451 e. The first-order valence-electron chi connectivity index (χ1n) is 8.99. The molecule has 3 aromatic rings. The molecule has 0 radical (unpaired) electrons. The molecule has 1 aliphatic heterocycles. The Morgan fingerprint density at radius 2 is 2.12 bits per heavy atom. The van der Waals surface area contributed by atoms with E-state index in [-0.39, 0.29) is 11.9 Å². The van der Waals surface area contributed by atoms with Gasteiger partial charge in [-0.2, -0.15) is 5.10 Å². The molecule has 26 heavy (non-hydrogen) atoms. The number of carbonyl (C=O) groups excluding carboxylic acids is 1. The highest BCUT2D eigenvalue weighted by Gasteiger charge is 2.32. The average molecular weight is 352 g/mol. The van der Waals surface area contributed by atoms with Crippen LogP contribution in [0.4, 0.5) is 0 Å². The summed E-state index contributed by atoms with van der Waals surface area (Å²) in [6.07, 6.45) is 2.68. The van der Waals surface area contributed by atoms with E-state index in [1.807, 2.05) is 60.9 Å². The lowest BCUT2D eigenvalue weighted by Gasteiger charge is -2.31. The summed E-state index contributed by atoms with van der Waals surface area (Å²) in [7, 11) is 4.08. The molecule has 1 aromatic carbocycles. The normalized spacial score (nSPS) is 17.5. The van der Waals surface area contributed by atoms with Gasteiger partial charge < -0.3 is 14.2 Å². The summed E-state index contributed by atoms with van der Waals surface area (Å²) < 4.78 is 7.95. The lowest BCUT2D eigenvalue weighted by Crippen LogP contribution is -2.44. The fourth-order valence-corrected chi connectivity index (χ4v) is 3.78. The molecule has 0 N–H and O–H groups in total. The second-order valence-electron chi connectivity index (χ2n) is 7.24. The molecule has 0 unspecified atom stereocenters. The zero-order valence-electron chi connectivity index (χ0n) is 15.5. The van der Waals surface area contributed by atoms with Crippen molar-refractivity contribution in [1.29, 1.82) is 0 Å².